The number of nitrogen functional groups attached to an aromatic ring is 1. The number of piperidine rings is 1. The molecule has 0 spiro atoms. The maximum atomic E-state index is 12.2. The van der Waals surface area contributed by atoms with Crippen molar-refractivity contribution in [1.82, 2.24) is 25.1 Å². The molecule has 9 nitrogen and oxygen atoms in total. The second kappa shape index (κ2) is 10.5. The van der Waals surface area contributed by atoms with Crippen LogP contribution in [-0.4, -0.2) is 84.7 Å². The van der Waals surface area contributed by atoms with Crippen LogP contribution in [0.3, 0.4) is 0 Å². The molecule has 0 saturated carbocycles. The molecule has 36 heavy (non-hydrogen) atoms. The minimum Gasteiger partial charge on any atom is -0.368 e. The van der Waals surface area contributed by atoms with Crippen molar-refractivity contribution in [2.45, 2.75) is 51.6 Å². The number of likely N-dealkylation sites (N-methyl/N-ethyl adjacent to an activating group) is 1. The van der Waals surface area contributed by atoms with Crippen LogP contribution in [0.15, 0.2) is 24.3 Å². The summed E-state index contributed by atoms with van der Waals surface area (Å²) in [6, 6.07) is 9.53. The summed E-state index contributed by atoms with van der Waals surface area (Å²) in [6.45, 7) is 11.3. The van der Waals surface area contributed by atoms with E-state index in [2.05, 4.69) is 68.2 Å². The molecule has 0 aliphatic carbocycles. The average molecular weight is 493 g/mol. The van der Waals surface area contributed by atoms with Gasteiger partial charge in [-0.2, -0.15) is 9.97 Å². The average Bonchev–Trinajstić information content (AvgIpc) is 2.88. The molecule has 2 saturated heterocycles. The van der Waals surface area contributed by atoms with E-state index < -0.39 is 0 Å². The van der Waals surface area contributed by atoms with Crippen molar-refractivity contribution in [1.29, 1.82) is 0 Å². The highest BCUT2D eigenvalue weighted by atomic mass is 16.2. The molecule has 2 aromatic rings. The van der Waals surface area contributed by atoms with Gasteiger partial charge in [-0.3, -0.25) is 0 Å². The van der Waals surface area contributed by atoms with Crippen LogP contribution in [0.4, 0.5) is 22.4 Å². The van der Waals surface area contributed by atoms with Crippen molar-refractivity contribution in [2.75, 3.05) is 68.4 Å². The third-order valence-corrected chi connectivity index (χ3v) is 8.04. The van der Waals surface area contributed by atoms with Gasteiger partial charge in [0.25, 0.3) is 0 Å². The number of piperazine rings is 1. The Morgan fingerprint density at radius 1 is 1.03 bits per heavy atom. The van der Waals surface area contributed by atoms with Crippen LogP contribution >= 0.6 is 0 Å². The van der Waals surface area contributed by atoms with E-state index in [0.29, 0.717) is 24.5 Å². The minimum absolute atomic E-state index is 0.0612. The summed E-state index contributed by atoms with van der Waals surface area (Å²) in [5, 5.41) is 2.92. The van der Waals surface area contributed by atoms with Gasteiger partial charge in [-0.25, -0.2) is 4.79 Å². The fraction of sp³-hybridized carbons (Fsp3) is 0.593. The lowest BCUT2D eigenvalue weighted by Crippen LogP contribution is -2.45. The molecule has 3 aliphatic heterocycles. The lowest BCUT2D eigenvalue weighted by molar-refractivity contribution is 0.182. The van der Waals surface area contributed by atoms with Crippen LogP contribution in [0.5, 0.6) is 0 Å². The lowest BCUT2D eigenvalue weighted by Gasteiger charge is -2.38. The monoisotopic (exact) mass is 492 g/mol. The highest BCUT2D eigenvalue weighted by molar-refractivity contribution is 5.74. The third-order valence-electron chi connectivity index (χ3n) is 8.04. The van der Waals surface area contributed by atoms with E-state index >= 15 is 0 Å². The number of aromatic nitrogens is 2. The fourth-order valence-electron chi connectivity index (χ4n) is 5.78. The Morgan fingerprint density at radius 3 is 2.47 bits per heavy atom. The number of nitrogens with one attached hydrogen (secondary N) is 1. The molecule has 3 aliphatic rings. The zero-order valence-corrected chi connectivity index (χ0v) is 21.9. The molecule has 2 amide bonds. The van der Waals surface area contributed by atoms with Crippen molar-refractivity contribution in [2.24, 2.45) is 0 Å². The number of nitrogens with zero attached hydrogens (tertiary/aromatic N) is 6. The van der Waals surface area contributed by atoms with Crippen molar-refractivity contribution in [3.8, 4) is 0 Å². The van der Waals surface area contributed by atoms with Gasteiger partial charge in [0.2, 0.25) is 5.95 Å². The summed E-state index contributed by atoms with van der Waals surface area (Å²) in [4.78, 5) is 30.4. The lowest BCUT2D eigenvalue weighted by atomic mass is 9.85. The van der Waals surface area contributed by atoms with Crippen molar-refractivity contribution >= 4 is 23.6 Å². The fourth-order valence-corrected chi connectivity index (χ4v) is 5.78. The van der Waals surface area contributed by atoms with Gasteiger partial charge in [0, 0.05) is 64.5 Å². The van der Waals surface area contributed by atoms with Gasteiger partial charge < -0.3 is 30.7 Å². The standard InChI is InChI=1S/C27H40N8O/c1-4-29-27(36)34-9-7-20(8-10-34)22-6-5-21-15-19(2)35(18-23(21)16-22)25-17-24(30-26(28)31-25)33-13-11-32(3)12-14-33/h5-6,16-17,19-20H,4,7-15,18H2,1-3H3,(H,29,36)(H2,28,30,31). The molecule has 0 radical (unpaired) electrons. The molecular formula is C27H40N8O. The van der Waals surface area contributed by atoms with Crippen LogP contribution in [0.25, 0.3) is 0 Å². The van der Waals surface area contributed by atoms with Crippen LogP contribution in [0, 0.1) is 0 Å². The number of benzene rings is 1. The number of carbonyl (C=O) groups excluding carboxylic acids is 1. The first-order valence-electron chi connectivity index (χ1n) is 13.4. The molecule has 5 rings (SSSR count). The van der Waals surface area contributed by atoms with E-state index in [1.54, 1.807) is 0 Å². The number of urea groups is 1. The summed E-state index contributed by atoms with van der Waals surface area (Å²) in [5.41, 5.74) is 10.4. The molecule has 9 heteroatoms. The Balaban J connectivity index is 1.31. The Labute approximate surface area is 214 Å². The SMILES string of the molecule is CCNC(=O)N1CCC(c2ccc3c(c2)CN(c2cc(N4CCN(C)CC4)nc(N)n2)C(C)C3)CC1. The van der Waals surface area contributed by atoms with Crippen LogP contribution in [0.1, 0.15) is 49.3 Å². The number of likely N-dealkylation sites (tertiary alicyclic amines) is 1. The third kappa shape index (κ3) is 5.21. The van der Waals surface area contributed by atoms with E-state index in [1.807, 2.05) is 11.8 Å². The Morgan fingerprint density at radius 2 is 1.75 bits per heavy atom. The predicted molar refractivity (Wildman–Crippen MR) is 145 cm³/mol. The quantitative estimate of drug-likeness (QED) is 0.678. The highest BCUT2D eigenvalue weighted by Crippen LogP contribution is 2.34. The largest absolute Gasteiger partial charge is 0.368 e. The number of carbonyl (C=O) groups is 1. The van der Waals surface area contributed by atoms with Crippen LogP contribution in [0.2, 0.25) is 0 Å². The molecule has 1 unspecified atom stereocenters. The van der Waals surface area contributed by atoms with E-state index in [-0.39, 0.29) is 6.03 Å². The van der Waals surface area contributed by atoms with Gasteiger partial charge in [-0.1, -0.05) is 18.2 Å². The van der Waals surface area contributed by atoms with Crippen molar-refractivity contribution in [3.63, 3.8) is 0 Å². The molecule has 2 fully saturated rings. The number of nitrogens with two attached hydrogens (primary N) is 1. The maximum Gasteiger partial charge on any atom is 0.317 e. The first-order chi connectivity index (χ1) is 17.4. The van der Waals surface area contributed by atoms with Gasteiger partial charge in [0.05, 0.1) is 0 Å². The Kier molecular flexibility index (Phi) is 7.18. The number of anilines is 3. The van der Waals surface area contributed by atoms with E-state index in [9.17, 15) is 4.79 Å². The molecule has 194 valence electrons. The first-order valence-corrected chi connectivity index (χ1v) is 13.4. The normalized spacial score (nSPS) is 21.4. The van der Waals surface area contributed by atoms with E-state index in [1.165, 1.54) is 16.7 Å². The summed E-state index contributed by atoms with van der Waals surface area (Å²) in [5.74, 6) is 2.67. The Hall–Kier alpha value is -3.07. The van der Waals surface area contributed by atoms with Crippen molar-refractivity contribution < 1.29 is 4.79 Å². The molecule has 1 atom stereocenters. The molecule has 3 N–H and O–H groups in total. The topological polar surface area (TPSA) is 93.9 Å². The zero-order valence-electron chi connectivity index (χ0n) is 21.9. The second-order valence-electron chi connectivity index (χ2n) is 10.5. The van der Waals surface area contributed by atoms with Crippen molar-refractivity contribution in [3.05, 3.63) is 41.0 Å². The summed E-state index contributed by atoms with van der Waals surface area (Å²) < 4.78 is 0. The van der Waals surface area contributed by atoms with Gasteiger partial charge in [-0.15, -0.1) is 0 Å². The summed E-state index contributed by atoms with van der Waals surface area (Å²) in [7, 11) is 2.16. The van der Waals surface area contributed by atoms with Gasteiger partial charge in [0.15, 0.2) is 0 Å². The predicted octanol–water partition coefficient (Wildman–Crippen LogP) is 2.67. The van der Waals surface area contributed by atoms with E-state index in [0.717, 1.165) is 76.7 Å². The van der Waals surface area contributed by atoms with Crippen LogP contribution in [-0.2, 0) is 13.0 Å². The van der Waals surface area contributed by atoms with Gasteiger partial charge >= 0.3 is 6.03 Å². The number of fused-ring (bicyclic) bond motifs is 1. The zero-order chi connectivity index (χ0) is 25.2. The number of hydrogen-bond donors (Lipinski definition) is 2. The molecule has 1 aromatic carbocycles. The molecule has 4 heterocycles. The molecular weight excluding hydrogens is 452 g/mol. The minimum atomic E-state index is 0.0612. The second-order valence-corrected chi connectivity index (χ2v) is 10.5. The molecule has 1 aromatic heterocycles. The number of hydrogen-bond acceptors (Lipinski definition) is 7. The van der Waals surface area contributed by atoms with Gasteiger partial charge in [-0.05, 0) is 62.8 Å². The highest BCUT2D eigenvalue weighted by Gasteiger charge is 2.28. The number of rotatable bonds is 4. The molecule has 0 bridgehead atoms. The van der Waals surface area contributed by atoms with Gasteiger partial charge in [0.1, 0.15) is 11.6 Å². The summed E-state index contributed by atoms with van der Waals surface area (Å²) in [6.07, 6.45) is 3.00. The van der Waals surface area contributed by atoms with Crippen LogP contribution < -0.4 is 20.9 Å². The maximum absolute atomic E-state index is 12.2. The summed E-state index contributed by atoms with van der Waals surface area (Å²) >= 11 is 0. The first kappa shape index (κ1) is 24.6. The smallest absolute Gasteiger partial charge is 0.317 e. The van der Waals surface area contributed by atoms with E-state index in [4.69, 9.17) is 5.73 Å². The number of amides is 2. The Bertz CT molecular complexity index is 1080.